The van der Waals surface area contributed by atoms with Crippen molar-refractivity contribution in [3.63, 3.8) is 0 Å². The lowest BCUT2D eigenvalue weighted by molar-refractivity contribution is 0.0515. The standard InChI is InChI=1S/C31H25NO3S/c1-20(32-35-30(34)21-10-6-4-7-11-21)29(33)22-14-16-25-26-17-15-24(36-23-12-8-5-9-13-23)19-28(26)31(2,3)27(25)18-22/h4-19H,1-3H3. The third kappa shape index (κ3) is 4.50. The summed E-state index contributed by atoms with van der Waals surface area (Å²) in [6.07, 6.45) is 0. The van der Waals surface area contributed by atoms with Gasteiger partial charge in [0.15, 0.2) is 0 Å². The molecule has 0 fully saturated rings. The van der Waals surface area contributed by atoms with Gasteiger partial charge >= 0.3 is 5.97 Å². The van der Waals surface area contributed by atoms with Gasteiger partial charge in [-0.2, -0.15) is 0 Å². The maximum atomic E-state index is 13.1. The number of Topliss-reactive ketones (excluding diaryl/α,β-unsaturated/α-hetero) is 1. The number of hydrogen-bond acceptors (Lipinski definition) is 5. The first-order valence-electron chi connectivity index (χ1n) is 11.7. The Morgan fingerprint density at radius 3 is 2.03 bits per heavy atom. The molecule has 4 aromatic rings. The summed E-state index contributed by atoms with van der Waals surface area (Å²) in [6, 6.07) is 31.2. The van der Waals surface area contributed by atoms with Crippen LogP contribution in [0.15, 0.2) is 112 Å². The van der Waals surface area contributed by atoms with Gasteiger partial charge in [-0.3, -0.25) is 4.79 Å². The summed E-state index contributed by atoms with van der Waals surface area (Å²) in [5, 5.41) is 3.81. The number of nitrogens with zero attached hydrogens (tertiary/aromatic N) is 1. The second-order valence-corrected chi connectivity index (χ2v) is 10.4. The van der Waals surface area contributed by atoms with Crippen molar-refractivity contribution in [2.75, 3.05) is 0 Å². The van der Waals surface area contributed by atoms with Crippen LogP contribution >= 0.6 is 11.8 Å². The molecule has 36 heavy (non-hydrogen) atoms. The van der Waals surface area contributed by atoms with Crippen LogP contribution in [-0.2, 0) is 10.3 Å². The van der Waals surface area contributed by atoms with Gasteiger partial charge in [-0.1, -0.05) is 85.4 Å². The van der Waals surface area contributed by atoms with E-state index in [1.807, 2.05) is 42.5 Å². The van der Waals surface area contributed by atoms with Crippen molar-refractivity contribution in [1.29, 1.82) is 0 Å². The van der Waals surface area contributed by atoms with Crippen LogP contribution in [0.4, 0.5) is 0 Å². The zero-order chi connectivity index (χ0) is 25.3. The molecule has 1 aliphatic rings. The second-order valence-electron chi connectivity index (χ2n) is 9.26. The molecule has 1 aliphatic carbocycles. The second kappa shape index (κ2) is 9.59. The molecule has 0 spiro atoms. The van der Waals surface area contributed by atoms with Crippen molar-refractivity contribution in [3.05, 3.63) is 119 Å². The molecule has 178 valence electrons. The van der Waals surface area contributed by atoms with Crippen molar-refractivity contribution < 1.29 is 14.4 Å². The van der Waals surface area contributed by atoms with Gasteiger partial charge in [-0.25, -0.2) is 4.79 Å². The molecule has 0 N–H and O–H groups in total. The van der Waals surface area contributed by atoms with E-state index in [1.54, 1.807) is 43.0 Å². The monoisotopic (exact) mass is 491 g/mol. The van der Waals surface area contributed by atoms with Crippen LogP contribution in [0.2, 0.25) is 0 Å². The Morgan fingerprint density at radius 1 is 0.722 bits per heavy atom. The maximum Gasteiger partial charge on any atom is 0.365 e. The SMILES string of the molecule is CC(=NOC(=O)c1ccccc1)C(=O)c1ccc2c(c1)C(C)(C)c1cc(Sc3ccccc3)ccc1-2. The number of fused-ring (bicyclic) bond motifs is 3. The molecule has 0 atom stereocenters. The maximum absolute atomic E-state index is 13.1. The Labute approximate surface area is 215 Å². The predicted octanol–water partition coefficient (Wildman–Crippen LogP) is 7.56. The lowest BCUT2D eigenvalue weighted by atomic mass is 9.81. The number of carbonyl (C=O) groups excluding carboxylic acids is 2. The zero-order valence-electron chi connectivity index (χ0n) is 20.3. The number of rotatable bonds is 6. The Bertz CT molecular complexity index is 1490. The fourth-order valence-corrected chi connectivity index (χ4v) is 5.41. The molecular weight excluding hydrogens is 466 g/mol. The largest absolute Gasteiger partial charge is 0.365 e. The van der Waals surface area contributed by atoms with Crippen LogP contribution in [0.3, 0.4) is 0 Å². The third-order valence-electron chi connectivity index (χ3n) is 6.49. The van der Waals surface area contributed by atoms with E-state index in [9.17, 15) is 9.59 Å². The molecule has 0 aromatic heterocycles. The molecule has 0 amide bonds. The van der Waals surface area contributed by atoms with E-state index < -0.39 is 5.97 Å². The first-order valence-corrected chi connectivity index (χ1v) is 12.5. The van der Waals surface area contributed by atoms with Crippen LogP contribution in [0, 0.1) is 0 Å². The van der Waals surface area contributed by atoms with Crippen LogP contribution in [0.25, 0.3) is 11.1 Å². The average molecular weight is 492 g/mol. The summed E-state index contributed by atoms with van der Waals surface area (Å²) in [5.74, 6) is -0.872. The summed E-state index contributed by atoms with van der Waals surface area (Å²) in [6.45, 7) is 5.93. The van der Waals surface area contributed by atoms with Gasteiger partial charge in [-0.05, 0) is 71.6 Å². The predicted molar refractivity (Wildman–Crippen MR) is 144 cm³/mol. The van der Waals surface area contributed by atoms with Crippen LogP contribution < -0.4 is 0 Å². The number of oxime groups is 1. The molecule has 0 aliphatic heterocycles. The van der Waals surface area contributed by atoms with Crippen molar-refractivity contribution in [2.24, 2.45) is 5.16 Å². The van der Waals surface area contributed by atoms with Crippen LogP contribution in [0.1, 0.15) is 52.6 Å². The number of hydrogen-bond donors (Lipinski definition) is 0. The molecule has 4 nitrogen and oxygen atoms in total. The molecule has 5 rings (SSSR count). The topological polar surface area (TPSA) is 55.7 Å². The highest BCUT2D eigenvalue weighted by molar-refractivity contribution is 7.99. The first-order chi connectivity index (χ1) is 17.3. The lowest BCUT2D eigenvalue weighted by Crippen LogP contribution is -2.17. The summed E-state index contributed by atoms with van der Waals surface area (Å²) in [4.78, 5) is 32.7. The summed E-state index contributed by atoms with van der Waals surface area (Å²) in [5.41, 5.74) is 5.41. The molecule has 0 unspecified atom stereocenters. The molecule has 5 heteroatoms. The Kier molecular flexibility index (Phi) is 6.33. The Hall–Kier alpha value is -3.96. The normalized spacial score (nSPS) is 13.6. The van der Waals surface area contributed by atoms with E-state index in [-0.39, 0.29) is 16.9 Å². The van der Waals surface area contributed by atoms with Crippen molar-refractivity contribution in [3.8, 4) is 11.1 Å². The lowest BCUT2D eigenvalue weighted by Gasteiger charge is -2.22. The Morgan fingerprint density at radius 2 is 1.33 bits per heavy atom. The van der Waals surface area contributed by atoms with Crippen molar-refractivity contribution in [1.82, 2.24) is 0 Å². The minimum absolute atomic E-state index is 0.120. The van der Waals surface area contributed by atoms with Gasteiger partial charge in [-0.15, -0.1) is 0 Å². The van der Waals surface area contributed by atoms with Gasteiger partial charge < -0.3 is 4.84 Å². The van der Waals surface area contributed by atoms with Gasteiger partial charge in [0, 0.05) is 20.8 Å². The molecular formula is C31H25NO3S. The molecule has 0 heterocycles. The smallest absolute Gasteiger partial charge is 0.312 e. The average Bonchev–Trinajstić information content (AvgIpc) is 3.13. The van der Waals surface area contributed by atoms with Gasteiger partial charge in [0.2, 0.25) is 5.78 Å². The number of benzene rings is 4. The third-order valence-corrected chi connectivity index (χ3v) is 7.49. The minimum Gasteiger partial charge on any atom is -0.312 e. The minimum atomic E-state index is -0.600. The highest BCUT2D eigenvalue weighted by Crippen LogP contribution is 2.50. The van der Waals surface area contributed by atoms with E-state index in [0.29, 0.717) is 11.1 Å². The van der Waals surface area contributed by atoms with E-state index in [4.69, 9.17) is 4.84 Å². The number of ketones is 1. The molecule has 4 aromatic carbocycles. The molecule has 0 saturated carbocycles. The Balaban J connectivity index is 1.39. The van der Waals surface area contributed by atoms with Crippen molar-refractivity contribution in [2.45, 2.75) is 36.0 Å². The van der Waals surface area contributed by atoms with Crippen LogP contribution in [-0.4, -0.2) is 17.5 Å². The fraction of sp³-hybridized carbons (Fsp3) is 0.129. The van der Waals surface area contributed by atoms with Gasteiger partial charge in [0.25, 0.3) is 0 Å². The molecule has 0 saturated heterocycles. The van der Waals surface area contributed by atoms with Crippen LogP contribution in [0.5, 0.6) is 0 Å². The van der Waals surface area contributed by atoms with Gasteiger partial charge in [0.05, 0.1) is 5.56 Å². The highest BCUT2D eigenvalue weighted by atomic mass is 32.2. The molecule has 0 radical (unpaired) electrons. The first kappa shape index (κ1) is 23.8. The van der Waals surface area contributed by atoms with Gasteiger partial charge in [0.1, 0.15) is 5.71 Å². The fourth-order valence-electron chi connectivity index (χ4n) is 4.53. The summed E-state index contributed by atoms with van der Waals surface area (Å²) >= 11 is 1.74. The number of carbonyl (C=O) groups is 2. The van der Waals surface area contributed by atoms with Crippen molar-refractivity contribution >= 4 is 29.2 Å². The quantitative estimate of drug-likeness (QED) is 0.121. The highest BCUT2D eigenvalue weighted by Gasteiger charge is 2.36. The zero-order valence-corrected chi connectivity index (χ0v) is 21.1. The molecule has 0 bridgehead atoms. The summed E-state index contributed by atoms with van der Waals surface area (Å²) in [7, 11) is 0. The van der Waals surface area contributed by atoms with E-state index >= 15 is 0 Å². The van der Waals surface area contributed by atoms with E-state index in [0.717, 1.165) is 11.1 Å². The summed E-state index contributed by atoms with van der Waals surface area (Å²) < 4.78 is 0. The van der Waals surface area contributed by atoms with E-state index in [1.165, 1.54) is 20.9 Å². The van der Waals surface area contributed by atoms with E-state index in [2.05, 4.69) is 49.3 Å².